The van der Waals surface area contributed by atoms with Crippen LogP contribution in [0.4, 0.5) is 0 Å². The first kappa shape index (κ1) is 27.4. The molecule has 210 valence electrons. The largest absolute Gasteiger partial charge is 0.0622 e. The van der Waals surface area contributed by atoms with Gasteiger partial charge in [-0.25, -0.2) is 0 Å². The molecule has 0 aliphatic rings. The van der Waals surface area contributed by atoms with Crippen LogP contribution in [0.3, 0.4) is 0 Å². The summed E-state index contributed by atoms with van der Waals surface area (Å²) in [7, 11) is 0. The lowest BCUT2D eigenvalue weighted by molar-refractivity contribution is 1.19. The van der Waals surface area contributed by atoms with Crippen LogP contribution in [0.1, 0.15) is 16.7 Å². The summed E-state index contributed by atoms with van der Waals surface area (Å²) in [5.74, 6) is 0. The van der Waals surface area contributed by atoms with E-state index in [1.807, 2.05) is 0 Å². The van der Waals surface area contributed by atoms with E-state index in [0.29, 0.717) is 0 Å². The fourth-order valence-electron chi connectivity index (χ4n) is 6.12. The zero-order valence-electron chi connectivity index (χ0n) is 25.0. The van der Waals surface area contributed by atoms with E-state index in [1.54, 1.807) is 0 Å². The van der Waals surface area contributed by atoms with Crippen molar-refractivity contribution in [1.82, 2.24) is 0 Å². The molecule has 0 amide bonds. The summed E-state index contributed by atoms with van der Waals surface area (Å²) in [6, 6.07) is 63.8. The van der Waals surface area contributed by atoms with Gasteiger partial charge in [-0.15, -0.1) is 0 Å². The van der Waals surface area contributed by atoms with Gasteiger partial charge in [0, 0.05) is 0 Å². The van der Waals surface area contributed by atoms with E-state index >= 15 is 0 Å². The number of benzene rings is 7. The predicted octanol–water partition coefficient (Wildman–Crippen LogP) is 11.9. The van der Waals surface area contributed by atoms with E-state index in [0.717, 1.165) is 6.42 Å². The van der Waals surface area contributed by atoms with Crippen molar-refractivity contribution in [3.8, 4) is 55.6 Å². The summed E-state index contributed by atoms with van der Waals surface area (Å²) in [6.45, 7) is 2.21. The molecule has 0 nitrogen and oxygen atoms in total. The Morgan fingerprint density at radius 1 is 0.318 bits per heavy atom. The molecule has 0 N–H and O–H groups in total. The molecule has 7 aromatic rings. The van der Waals surface area contributed by atoms with Gasteiger partial charge in [-0.3, -0.25) is 0 Å². The third kappa shape index (κ3) is 6.02. The van der Waals surface area contributed by atoms with Crippen LogP contribution in [0.2, 0.25) is 0 Å². The van der Waals surface area contributed by atoms with Crippen LogP contribution in [-0.2, 0) is 6.42 Å². The second-order valence-corrected chi connectivity index (χ2v) is 11.5. The first-order chi connectivity index (χ1) is 21.7. The van der Waals surface area contributed by atoms with Gasteiger partial charge in [0.15, 0.2) is 0 Å². The van der Waals surface area contributed by atoms with Crippen LogP contribution >= 0.6 is 0 Å². The average Bonchev–Trinajstić information content (AvgIpc) is 3.09. The molecule has 0 spiro atoms. The number of rotatable bonds is 7. The summed E-state index contributed by atoms with van der Waals surface area (Å²) >= 11 is 0. The van der Waals surface area contributed by atoms with Gasteiger partial charge in [0.05, 0.1) is 0 Å². The van der Waals surface area contributed by atoms with Crippen LogP contribution in [0.25, 0.3) is 55.6 Å². The van der Waals surface area contributed by atoms with E-state index in [1.165, 1.54) is 72.3 Å². The summed E-state index contributed by atoms with van der Waals surface area (Å²) in [5.41, 5.74) is 16.2. The summed E-state index contributed by atoms with van der Waals surface area (Å²) in [5, 5.41) is 0. The summed E-state index contributed by atoms with van der Waals surface area (Å²) in [4.78, 5) is 0. The van der Waals surface area contributed by atoms with E-state index in [2.05, 4.69) is 183 Å². The number of aryl methyl sites for hydroxylation is 1. The lowest BCUT2D eigenvalue weighted by Crippen LogP contribution is -1.95. The number of hydrogen-bond acceptors (Lipinski definition) is 0. The molecule has 0 aromatic heterocycles. The van der Waals surface area contributed by atoms with Crippen molar-refractivity contribution in [3.63, 3.8) is 0 Å². The monoisotopic (exact) mass is 562 g/mol. The standard InChI is InChI=1S/C44H34/c1-32-24-39(42-28-40(35-18-10-4-11-19-35)27-41(29-42)36-20-12-5-13-21-36)30-43(25-32)44-31-37(34-16-8-3-9-17-34)22-23-38(44)26-33-14-6-2-7-15-33/h2-25,27-31H,26H2,1H3. The highest BCUT2D eigenvalue weighted by molar-refractivity contribution is 5.84. The molecule has 7 aromatic carbocycles. The maximum atomic E-state index is 2.38. The van der Waals surface area contributed by atoms with Crippen molar-refractivity contribution >= 4 is 0 Å². The molecule has 0 unspecified atom stereocenters. The lowest BCUT2D eigenvalue weighted by atomic mass is 9.88. The molecule has 0 fully saturated rings. The van der Waals surface area contributed by atoms with Crippen molar-refractivity contribution in [2.45, 2.75) is 13.3 Å². The van der Waals surface area contributed by atoms with Crippen molar-refractivity contribution < 1.29 is 0 Å². The first-order valence-corrected chi connectivity index (χ1v) is 15.3. The average molecular weight is 563 g/mol. The van der Waals surface area contributed by atoms with Crippen LogP contribution in [-0.4, -0.2) is 0 Å². The molecule has 0 saturated carbocycles. The maximum Gasteiger partial charge on any atom is -0.00196 e. The van der Waals surface area contributed by atoms with Crippen molar-refractivity contribution in [1.29, 1.82) is 0 Å². The summed E-state index contributed by atoms with van der Waals surface area (Å²) < 4.78 is 0. The van der Waals surface area contributed by atoms with E-state index < -0.39 is 0 Å². The smallest absolute Gasteiger partial charge is 0.00196 e. The van der Waals surface area contributed by atoms with Crippen LogP contribution < -0.4 is 0 Å². The van der Waals surface area contributed by atoms with E-state index in [4.69, 9.17) is 0 Å². The molecule has 44 heavy (non-hydrogen) atoms. The van der Waals surface area contributed by atoms with Gasteiger partial charge in [-0.1, -0.05) is 146 Å². The number of hydrogen-bond donors (Lipinski definition) is 0. The van der Waals surface area contributed by atoms with Crippen molar-refractivity contribution in [2.24, 2.45) is 0 Å². The minimum Gasteiger partial charge on any atom is -0.0622 e. The van der Waals surface area contributed by atoms with Gasteiger partial charge in [-0.05, 0) is 116 Å². The highest BCUT2D eigenvalue weighted by Gasteiger charge is 2.13. The predicted molar refractivity (Wildman–Crippen MR) is 188 cm³/mol. The van der Waals surface area contributed by atoms with Crippen molar-refractivity contribution in [2.75, 3.05) is 0 Å². The molecular formula is C44H34. The normalized spacial score (nSPS) is 10.9. The van der Waals surface area contributed by atoms with Gasteiger partial charge in [0.1, 0.15) is 0 Å². The van der Waals surface area contributed by atoms with Gasteiger partial charge in [-0.2, -0.15) is 0 Å². The Labute approximate surface area is 261 Å². The van der Waals surface area contributed by atoms with Gasteiger partial charge in [0.25, 0.3) is 0 Å². The van der Waals surface area contributed by atoms with E-state index in [9.17, 15) is 0 Å². The third-order valence-electron chi connectivity index (χ3n) is 8.32. The Hall–Kier alpha value is -5.46. The second kappa shape index (κ2) is 12.4. The zero-order chi connectivity index (χ0) is 29.7. The molecule has 0 atom stereocenters. The van der Waals surface area contributed by atoms with Gasteiger partial charge < -0.3 is 0 Å². The molecule has 0 heteroatoms. The van der Waals surface area contributed by atoms with Crippen LogP contribution in [0.5, 0.6) is 0 Å². The molecule has 0 heterocycles. The third-order valence-corrected chi connectivity index (χ3v) is 8.32. The highest BCUT2D eigenvalue weighted by Crippen LogP contribution is 2.37. The molecule has 0 aliphatic heterocycles. The Morgan fingerprint density at radius 3 is 1.27 bits per heavy atom. The second-order valence-electron chi connectivity index (χ2n) is 11.5. The molecule has 0 radical (unpaired) electrons. The van der Waals surface area contributed by atoms with Crippen molar-refractivity contribution in [3.05, 3.63) is 193 Å². The minimum absolute atomic E-state index is 0.885. The van der Waals surface area contributed by atoms with Crippen LogP contribution in [0.15, 0.2) is 176 Å². The quantitative estimate of drug-likeness (QED) is 0.181. The molecule has 7 rings (SSSR count). The van der Waals surface area contributed by atoms with Gasteiger partial charge in [0.2, 0.25) is 0 Å². The van der Waals surface area contributed by atoms with Gasteiger partial charge >= 0.3 is 0 Å². The zero-order valence-corrected chi connectivity index (χ0v) is 25.0. The first-order valence-electron chi connectivity index (χ1n) is 15.3. The Balaban J connectivity index is 1.39. The Kier molecular flexibility index (Phi) is 7.72. The molecule has 0 aliphatic carbocycles. The van der Waals surface area contributed by atoms with E-state index in [-0.39, 0.29) is 0 Å². The Morgan fingerprint density at radius 2 is 0.727 bits per heavy atom. The highest BCUT2D eigenvalue weighted by atomic mass is 14.2. The maximum absolute atomic E-state index is 2.38. The minimum atomic E-state index is 0.885. The molecule has 0 bridgehead atoms. The fraction of sp³-hybridized carbons (Fsp3) is 0.0455. The summed E-state index contributed by atoms with van der Waals surface area (Å²) in [6.07, 6.45) is 0.885. The van der Waals surface area contributed by atoms with Crippen LogP contribution in [0, 0.1) is 6.92 Å². The molecular weight excluding hydrogens is 528 g/mol. The topological polar surface area (TPSA) is 0 Å². The molecule has 0 saturated heterocycles. The Bertz CT molecular complexity index is 1950. The lowest BCUT2D eigenvalue weighted by Gasteiger charge is -2.16. The fourth-order valence-corrected chi connectivity index (χ4v) is 6.12. The SMILES string of the molecule is Cc1cc(-c2cc(-c3ccccc3)cc(-c3ccccc3)c2)cc(-c2cc(-c3ccccc3)ccc2Cc2ccccc2)c1.